The van der Waals surface area contributed by atoms with Crippen molar-refractivity contribution in [2.75, 3.05) is 0 Å². The number of aliphatic carboxylic acids is 1. The van der Waals surface area contributed by atoms with Crippen molar-refractivity contribution in [3.63, 3.8) is 0 Å². The lowest BCUT2D eigenvalue weighted by Gasteiger charge is -2.11. The Labute approximate surface area is 84.1 Å². The maximum atomic E-state index is 10.8. The Bertz CT molecular complexity index is 368. The second-order valence-electron chi connectivity index (χ2n) is 2.49. The zero-order chi connectivity index (χ0) is 10.0. The summed E-state index contributed by atoms with van der Waals surface area (Å²) in [6, 6.07) is -0.765. The van der Waals surface area contributed by atoms with Crippen molar-refractivity contribution in [1.82, 2.24) is 4.57 Å². The lowest BCUT2D eigenvalue weighted by atomic mass is 10.2. The number of hydrogen-bond donors (Lipinski definition) is 2. The van der Waals surface area contributed by atoms with Crippen LogP contribution in [-0.4, -0.2) is 20.7 Å². The molecule has 0 saturated carbocycles. The van der Waals surface area contributed by atoms with Crippen molar-refractivity contribution in [3.05, 3.63) is 9.33 Å². The SMILES string of the molecule is CCC(C(=O)O)n1c(O)csc1=S. The van der Waals surface area contributed by atoms with Crippen LogP contribution in [0, 0.1) is 3.95 Å². The molecular weight excluding hydrogens is 210 g/mol. The number of carbonyl (C=O) groups is 1. The highest BCUT2D eigenvalue weighted by molar-refractivity contribution is 7.73. The first-order chi connectivity index (χ1) is 6.07. The molecule has 0 aliphatic rings. The van der Waals surface area contributed by atoms with E-state index >= 15 is 0 Å². The van der Waals surface area contributed by atoms with Crippen molar-refractivity contribution in [2.45, 2.75) is 19.4 Å². The Morgan fingerprint density at radius 2 is 2.46 bits per heavy atom. The first-order valence-corrected chi connectivity index (χ1v) is 4.98. The summed E-state index contributed by atoms with van der Waals surface area (Å²) in [5, 5.41) is 19.6. The Balaban J connectivity index is 3.18. The lowest BCUT2D eigenvalue weighted by molar-refractivity contribution is -0.141. The largest absolute Gasteiger partial charge is 0.494 e. The zero-order valence-electron chi connectivity index (χ0n) is 6.93. The second-order valence-corrected chi connectivity index (χ2v) is 4.00. The Hall–Kier alpha value is -0.880. The first kappa shape index (κ1) is 10.2. The fourth-order valence-electron chi connectivity index (χ4n) is 1.06. The molecule has 1 aromatic rings. The van der Waals surface area contributed by atoms with Gasteiger partial charge in [-0.15, -0.1) is 11.3 Å². The minimum Gasteiger partial charge on any atom is -0.494 e. The molecule has 0 aromatic carbocycles. The number of thiazole rings is 1. The van der Waals surface area contributed by atoms with Gasteiger partial charge in [-0.1, -0.05) is 6.92 Å². The molecule has 1 aromatic heterocycles. The van der Waals surface area contributed by atoms with Crippen LogP contribution in [0.5, 0.6) is 5.88 Å². The van der Waals surface area contributed by atoms with Crippen LogP contribution in [0.4, 0.5) is 0 Å². The van der Waals surface area contributed by atoms with Gasteiger partial charge in [0.15, 0.2) is 3.95 Å². The number of aromatic hydroxyl groups is 1. The van der Waals surface area contributed by atoms with Gasteiger partial charge in [-0.3, -0.25) is 4.57 Å². The van der Waals surface area contributed by atoms with E-state index in [9.17, 15) is 9.90 Å². The molecule has 2 N–H and O–H groups in total. The molecule has 13 heavy (non-hydrogen) atoms. The van der Waals surface area contributed by atoms with E-state index in [-0.39, 0.29) is 5.88 Å². The number of aromatic nitrogens is 1. The van der Waals surface area contributed by atoms with E-state index in [1.807, 2.05) is 0 Å². The summed E-state index contributed by atoms with van der Waals surface area (Å²) in [6.45, 7) is 1.73. The van der Waals surface area contributed by atoms with Gasteiger partial charge in [0.25, 0.3) is 0 Å². The van der Waals surface area contributed by atoms with Crippen LogP contribution >= 0.6 is 23.6 Å². The van der Waals surface area contributed by atoms with E-state index < -0.39 is 12.0 Å². The Morgan fingerprint density at radius 1 is 1.85 bits per heavy atom. The van der Waals surface area contributed by atoms with Crippen molar-refractivity contribution in [1.29, 1.82) is 0 Å². The number of carboxylic acid groups (broad SMARTS) is 1. The normalized spacial score (nSPS) is 12.7. The first-order valence-electron chi connectivity index (χ1n) is 3.69. The van der Waals surface area contributed by atoms with E-state index in [4.69, 9.17) is 17.3 Å². The molecule has 6 heteroatoms. The van der Waals surface area contributed by atoms with Crippen LogP contribution < -0.4 is 0 Å². The summed E-state index contributed by atoms with van der Waals surface area (Å²) in [4.78, 5) is 10.8. The summed E-state index contributed by atoms with van der Waals surface area (Å²) in [6.07, 6.45) is 0.397. The summed E-state index contributed by atoms with van der Waals surface area (Å²) in [5.41, 5.74) is 0. The van der Waals surface area contributed by atoms with Gasteiger partial charge in [0.1, 0.15) is 6.04 Å². The molecule has 1 atom stereocenters. The van der Waals surface area contributed by atoms with E-state index in [1.54, 1.807) is 6.92 Å². The average Bonchev–Trinajstić information content (AvgIpc) is 2.36. The fraction of sp³-hybridized carbons (Fsp3) is 0.429. The molecule has 0 aliphatic heterocycles. The van der Waals surface area contributed by atoms with Crippen LogP contribution in [0.1, 0.15) is 19.4 Å². The van der Waals surface area contributed by atoms with Crippen LogP contribution in [-0.2, 0) is 4.79 Å². The predicted molar refractivity (Wildman–Crippen MR) is 51.8 cm³/mol. The van der Waals surface area contributed by atoms with Gasteiger partial charge in [-0.2, -0.15) is 0 Å². The molecule has 72 valence electrons. The third-order valence-corrected chi connectivity index (χ3v) is 2.90. The summed E-state index contributed by atoms with van der Waals surface area (Å²) < 4.78 is 1.63. The highest BCUT2D eigenvalue weighted by Crippen LogP contribution is 2.24. The maximum Gasteiger partial charge on any atom is 0.326 e. The second kappa shape index (κ2) is 3.89. The van der Waals surface area contributed by atoms with Gasteiger partial charge in [0.05, 0.1) is 5.38 Å². The minimum atomic E-state index is -0.979. The zero-order valence-corrected chi connectivity index (χ0v) is 8.56. The van der Waals surface area contributed by atoms with Gasteiger partial charge in [0, 0.05) is 0 Å². The van der Waals surface area contributed by atoms with Crippen molar-refractivity contribution in [3.8, 4) is 5.88 Å². The fourth-order valence-corrected chi connectivity index (χ4v) is 2.08. The lowest BCUT2D eigenvalue weighted by Crippen LogP contribution is -2.17. The van der Waals surface area contributed by atoms with E-state index in [2.05, 4.69) is 0 Å². The third kappa shape index (κ3) is 1.89. The predicted octanol–water partition coefficient (Wildman–Crippen LogP) is 2.02. The number of rotatable bonds is 3. The number of carboxylic acids is 1. The topological polar surface area (TPSA) is 62.5 Å². The van der Waals surface area contributed by atoms with Crippen LogP contribution in [0.2, 0.25) is 0 Å². The van der Waals surface area contributed by atoms with Crippen LogP contribution in [0.15, 0.2) is 5.38 Å². The van der Waals surface area contributed by atoms with Crippen molar-refractivity contribution < 1.29 is 15.0 Å². The molecule has 0 radical (unpaired) electrons. The monoisotopic (exact) mass is 219 g/mol. The molecule has 0 bridgehead atoms. The van der Waals surface area contributed by atoms with E-state index in [0.29, 0.717) is 10.4 Å². The van der Waals surface area contributed by atoms with E-state index in [0.717, 1.165) is 11.3 Å². The number of hydrogen-bond acceptors (Lipinski definition) is 4. The summed E-state index contributed by atoms with van der Waals surface area (Å²) >= 11 is 6.05. The number of nitrogens with zero attached hydrogens (tertiary/aromatic N) is 1. The third-order valence-electron chi connectivity index (χ3n) is 1.69. The Kier molecular flexibility index (Phi) is 3.05. The molecule has 1 heterocycles. The molecule has 1 unspecified atom stereocenters. The minimum absolute atomic E-state index is 0.0794. The van der Waals surface area contributed by atoms with Gasteiger partial charge >= 0.3 is 5.97 Å². The van der Waals surface area contributed by atoms with Gasteiger partial charge in [-0.25, -0.2) is 4.79 Å². The summed E-state index contributed by atoms with van der Waals surface area (Å²) in [7, 11) is 0. The smallest absolute Gasteiger partial charge is 0.326 e. The van der Waals surface area contributed by atoms with Crippen molar-refractivity contribution in [2.24, 2.45) is 0 Å². The van der Waals surface area contributed by atoms with Gasteiger partial charge in [0.2, 0.25) is 5.88 Å². The standard InChI is InChI=1S/C7H9NO3S2/c1-2-4(6(10)11)8-5(9)3-13-7(8)12/h3-4,9H,2H2,1H3,(H,10,11). The maximum absolute atomic E-state index is 10.8. The summed E-state index contributed by atoms with van der Waals surface area (Å²) in [5.74, 6) is -1.06. The Morgan fingerprint density at radius 3 is 2.77 bits per heavy atom. The van der Waals surface area contributed by atoms with Gasteiger partial charge in [-0.05, 0) is 18.6 Å². The van der Waals surface area contributed by atoms with E-state index in [1.165, 1.54) is 9.95 Å². The van der Waals surface area contributed by atoms with Gasteiger partial charge < -0.3 is 10.2 Å². The molecule has 0 saturated heterocycles. The molecule has 0 aliphatic carbocycles. The highest BCUT2D eigenvalue weighted by atomic mass is 32.1. The highest BCUT2D eigenvalue weighted by Gasteiger charge is 2.20. The van der Waals surface area contributed by atoms with Crippen molar-refractivity contribution >= 4 is 29.5 Å². The van der Waals surface area contributed by atoms with Crippen LogP contribution in [0.25, 0.3) is 0 Å². The molecule has 4 nitrogen and oxygen atoms in total. The molecule has 1 rings (SSSR count). The quantitative estimate of drug-likeness (QED) is 0.763. The molecular formula is C7H9NO3S2. The van der Waals surface area contributed by atoms with Crippen LogP contribution in [0.3, 0.4) is 0 Å². The molecule has 0 amide bonds. The average molecular weight is 219 g/mol. The molecule has 0 spiro atoms. The molecule has 0 fully saturated rings.